The molecule has 1 aliphatic rings. The van der Waals surface area contributed by atoms with Crippen LogP contribution in [0.4, 0.5) is 5.69 Å². The van der Waals surface area contributed by atoms with E-state index in [1.165, 1.54) is 4.31 Å². The lowest BCUT2D eigenvalue weighted by Crippen LogP contribution is -2.36. The average molecular weight is 370 g/mol. The zero-order chi connectivity index (χ0) is 18.1. The third-order valence-corrected chi connectivity index (χ3v) is 6.25. The summed E-state index contributed by atoms with van der Waals surface area (Å²) in [5.41, 5.74) is 2.39. The molecule has 0 unspecified atom stereocenters. The predicted octanol–water partition coefficient (Wildman–Crippen LogP) is 2.56. The summed E-state index contributed by atoms with van der Waals surface area (Å²) in [6.07, 6.45) is 0.709. The largest absolute Gasteiger partial charge is 0.451 e. The lowest BCUT2D eigenvalue weighted by atomic mass is 10.2. The number of benzene rings is 2. The van der Waals surface area contributed by atoms with Crippen molar-refractivity contribution in [1.82, 2.24) is 5.32 Å². The monoisotopic (exact) mass is 370 g/mol. The van der Waals surface area contributed by atoms with Gasteiger partial charge >= 0.3 is 0 Å². The predicted molar refractivity (Wildman–Crippen MR) is 99.8 cm³/mol. The van der Waals surface area contributed by atoms with E-state index >= 15 is 0 Å². The van der Waals surface area contributed by atoms with Crippen LogP contribution in [0.5, 0.6) is 0 Å². The minimum absolute atomic E-state index is 0.0247. The Morgan fingerprint density at radius 2 is 1.88 bits per heavy atom. The highest BCUT2D eigenvalue weighted by molar-refractivity contribution is 7.92. The number of amides is 1. The van der Waals surface area contributed by atoms with E-state index in [0.29, 0.717) is 18.5 Å². The van der Waals surface area contributed by atoms with Crippen molar-refractivity contribution in [2.24, 2.45) is 0 Å². The number of hydrogen-bond donors (Lipinski definition) is 1. The maximum atomic E-state index is 12.6. The van der Waals surface area contributed by atoms with E-state index in [1.807, 2.05) is 42.5 Å². The van der Waals surface area contributed by atoms with Crippen molar-refractivity contribution in [3.8, 4) is 0 Å². The van der Waals surface area contributed by atoms with E-state index in [4.69, 9.17) is 4.42 Å². The molecule has 0 saturated heterocycles. The molecule has 0 fully saturated rings. The molecule has 6 nitrogen and oxygen atoms in total. The van der Waals surface area contributed by atoms with Gasteiger partial charge in [0, 0.05) is 18.5 Å². The number of fused-ring (bicyclic) bond motifs is 2. The molecule has 1 aliphatic heterocycles. The van der Waals surface area contributed by atoms with Crippen LogP contribution in [0.2, 0.25) is 0 Å². The van der Waals surface area contributed by atoms with E-state index in [2.05, 4.69) is 5.32 Å². The maximum absolute atomic E-state index is 12.6. The fourth-order valence-corrected chi connectivity index (χ4v) is 4.61. The van der Waals surface area contributed by atoms with Crippen molar-refractivity contribution < 1.29 is 17.6 Å². The molecule has 0 saturated carbocycles. The second-order valence-electron chi connectivity index (χ2n) is 6.17. The first-order chi connectivity index (χ1) is 12.5. The van der Waals surface area contributed by atoms with Gasteiger partial charge in [-0.15, -0.1) is 0 Å². The molecule has 0 aliphatic carbocycles. The Morgan fingerprint density at radius 3 is 2.73 bits per heavy atom. The lowest BCUT2D eigenvalue weighted by molar-refractivity contribution is 0.0930. The highest BCUT2D eigenvalue weighted by Crippen LogP contribution is 2.29. The minimum atomic E-state index is -3.49. The average Bonchev–Trinajstić information content (AvgIpc) is 3.26. The summed E-state index contributed by atoms with van der Waals surface area (Å²) >= 11 is 0. The van der Waals surface area contributed by atoms with Crippen molar-refractivity contribution in [2.75, 3.05) is 23.1 Å². The van der Waals surface area contributed by atoms with E-state index in [1.54, 1.807) is 12.1 Å². The van der Waals surface area contributed by atoms with Crippen LogP contribution in [-0.4, -0.2) is 33.2 Å². The Morgan fingerprint density at radius 1 is 1.12 bits per heavy atom. The van der Waals surface area contributed by atoms with E-state index in [-0.39, 0.29) is 18.1 Å². The molecule has 0 radical (unpaired) electrons. The molecule has 2 aromatic carbocycles. The highest BCUT2D eigenvalue weighted by Gasteiger charge is 2.28. The molecule has 0 bridgehead atoms. The number of carbonyl (C=O) groups is 1. The third kappa shape index (κ3) is 3.06. The Kier molecular flexibility index (Phi) is 4.16. The summed E-state index contributed by atoms with van der Waals surface area (Å²) in [5.74, 6) is -0.402. The van der Waals surface area contributed by atoms with Crippen molar-refractivity contribution in [1.29, 1.82) is 0 Å². The van der Waals surface area contributed by atoms with Crippen LogP contribution in [0, 0.1) is 0 Å². The van der Waals surface area contributed by atoms with Crippen molar-refractivity contribution in [3.05, 3.63) is 65.9 Å². The number of anilines is 1. The maximum Gasteiger partial charge on any atom is 0.287 e. The normalized spacial score (nSPS) is 13.8. The van der Waals surface area contributed by atoms with Crippen LogP contribution in [0.1, 0.15) is 16.1 Å². The highest BCUT2D eigenvalue weighted by atomic mass is 32.2. The zero-order valence-electron chi connectivity index (χ0n) is 14.0. The van der Waals surface area contributed by atoms with Crippen LogP contribution in [-0.2, 0) is 16.4 Å². The molecule has 7 heteroatoms. The van der Waals surface area contributed by atoms with Gasteiger partial charge in [-0.3, -0.25) is 9.10 Å². The fraction of sp³-hybridized carbons (Fsp3) is 0.211. The van der Waals surface area contributed by atoms with Gasteiger partial charge < -0.3 is 9.73 Å². The van der Waals surface area contributed by atoms with Gasteiger partial charge in [-0.25, -0.2) is 8.42 Å². The second-order valence-corrected chi connectivity index (χ2v) is 8.18. The van der Waals surface area contributed by atoms with Gasteiger partial charge in [0.2, 0.25) is 10.0 Å². The first-order valence-electron chi connectivity index (χ1n) is 8.40. The molecule has 0 spiro atoms. The summed E-state index contributed by atoms with van der Waals surface area (Å²) < 4.78 is 32.1. The van der Waals surface area contributed by atoms with Crippen LogP contribution in [0.15, 0.2) is 59.0 Å². The van der Waals surface area contributed by atoms with Gasteiger partial charge in [0.05, 0.1) is 11.4 Å². The Labute approximate surface area is 151 Å². The topological polar surface area (TPSA) is 79.6 Å². The molecule has 4 rings (SSSR count). The molecular formula is C19H18N2O4S. The van der Waals surface area contributed by atoms with Crippen LogP contribution < -0.4 is 9.62 Å². The summed E-state index contributed by atoms with van der Waals surface area (Å²) in [4.78, 5) is 12.2. The number of nitrogens with zero attached hydrogens (tertiary/aromatic N) is 1. The quantitative estimate of drug-likeness (QED) is 0.749. The first-order valence-corrected chi connectivity index (χ1v) is 10.0. The van der Waals surface area contributed by atoms with E-state index in [0.717, 1.165) is 16.6 Å². The van der Waals surface area contributed by atoms with Gasteiger partial charge in [0.1, 0.15) is 5.58 Å². The van der Waals surface area contributed by atoms with Crippen molar-refractivity contribution >= 4 is 32.6 Å². The number of sulfonamides is 1. The fourth-order valence-electron chi connectivity index (χ4n) is 3.18. The molecule has 1 N–H and O–H groups in total. The second kappa shape index (κ2) is 6.49. The molecule has 1 amide bonds. The Bertz CT molecular complexity index is 1040. The summed E-state index contributed by atoms with van der Waals surface area (Å²) in [6, 6.07) is 16.5. The van der Waals surface area contributed by atoms with Crippen molar-refractivity contribution in [2.45, 2.75) is 6.42 Å². The van der Waals surface area contributed by atoms with E-state index in [9.17, 15) is 13.2 Å². The van der Waals surface area contributed by atoms with E-state index < -0.39 is 15.9 Å². The van der Waals surface area contributed by atoms with Gasteiger partial charge in [-0.1, -0.05) is 36.4 Å². The first kappa shape index (κ1) is 16.7. The smallest absolute Gasteiger partial charge is 0.287 e. The minimum Gasteiger partial charge on any atom is -0.451 e. The Balaban J connectivity index is 1.40. The zero-order valence-corrected chi connectivity index (χ0v) is 14.8. The number of nitrogens with one attached hydrogen (secondary N) is 1. The molecule has 134 valence electrons. The van der Waals surface area contributed by atoms with Gasteiger partial charge in [0.25, 0.3) is 5.91 Å². The SMILES string of the molecule is O=C(NCCS(=O)(=O)N1CCc2ccccc21)c1cc2ccccc2o1. The number of furan rings is 1. The lowest BCUT2D eigenvalue weighted by Gasteiger charge is -2.19. The standard InChI is InChI=1S/C19H18N2O4S/c22-19(18-13-15-6-2-4-8-17(15)25-18)20-10-12-26(23,24)21-11-9-14-5-1-3-7-16(14)21/h1-8,13H,9-12H2,(H,20,22). The summed E-state index contributed by atoms with van der Waals surface area (Å²) in [5, 5.41) is 3.46. The number of rotatable bonds is 5. The molecule has 1 aromatic heterocycles. The number of carbonyl (C=O) groups excluding carboxylic acids is 1. The molecule has 26 heavy (non-hydrogen) atoms. The van der Waals surface area contributed by atoms with Crippen molar-refractivity contribution in [3.63, 3.8) is 0 Å². The van der Waals surface area contributed by atoms with Crippen LogP contribution >= 0.6 is 0 Å². The summed E-state index contributed by atoms with van der Waals surface area (Å²) in [7, 11) is -3.49. The van der Waals surface area contributed by atoms with Crippen LogP contribution in [0.3, 0.4) is 0 Å². The third-order valence-electron chi connectivity index (χ3n) is 4.48. The number of hydrogen-bond acceptors (Lipinski definition) is 4. The molecule has 3 aromatic rings. The van der Waals surface area contributed by atoms with Gasteiger partial charge in [0.15, 0.2) is 5.76 Å². The number of para-hydroxylation sites is 2. The van der Waals surface area contributed by atoms with Gasteiger partial charge in [-0.05, 0) is 30.2 Å². The van der Waals surface area contributed by atoms with Gasteiger partial charge in [-0.2, -0.15) is 0 Å². The molecule has 0 atom stereocenters. The molecule has 2 heterocycles. The summed E-state index contributed by atoms with van der Waals surface area (Å²) in [6.45, 7) is 0.468. The molecular weight excluding hydrogens is 352 g/mol. The Hall–Kier alpha value is -2.80. The van der Waals surface area contributed by atoms with Crippen LogP contribution in [0.25, 0.3) is 11.0 Å².